The summed E-state index contributed by atoms with van der Waals surface area (Å²) in [6.07, 6.45) is 1.25. The summed E-state index contributed by atoms with van der Waals surface area (Å²) in [5.41, 5.74) is 2.54. The van der Waals surface area contributed by atoms with Crippen LogP contribution in [0, 0.1) is 12.7 Å². The summed E-state index contributed by atoms with van der Waals surface area (Å²) >= 11 is 0. The van der Waals surface area contributed by atoms with Gasteiger partial charge in [0, 0.05) is 29.1 Å². The van der Waals surface area contributed by atoms with Gasteiger partial charge in [0.2, 0.25) is 5.91 Å². The molecule has 0 bridgehead atoms. The predicted octanol–water partition coefficient (Wildman–Crippen LogP) is 5.72. The molecule has 2 atom stereocenters. The molecule has 0 aliphatic heterocycles. The molecule has 1 heterocycles. The average Bonchev–Trinajstić information content (AvgIpc) is 3.27. The van der Waals surface area contributed by atoms with Gasteiger partial charge in [-0.15, -0.1) is 0 Å². The van der Waals surface area contributed by atoms with Crippen LogP contribution in [-0.4, -0.2) is 22.5 Å². The van der Waals surface area contributed by atoms with Gasteiger partial charge in [-0.2, -0.15) is 0 Å². The Morgan fingerprint density at radius 1 is 1.03 bits per heavy atom. The molecule has 0 spiro atoms. The molecular formula is C29H30FN3O3. The number of fused-ring (bicyclic) bond motifs is 1. The molecule has 3 aromatic carbocycles. The molecule has 6 nitrogen and oxygen atoms in total. The third kappa shape index (κ3) is 5.74. The molecule has 1 aromatic heterocycles. The van der Waals surface area contributed by atoms with Crippen molar-refractivity contribution in [3.05, 3.63) is 107 Å². The zero-order valence-corrected chi connectivity index (χ0v) is 20.6. The summed E-state index contributed by atoms with van der Waals surface area (Å²) in [6, 6.07) is 21.7. The van der Waals surface area contributed by atoms with E-state index >= 15 is 0 Å². The third-order valence-electron chi connectivity index (χ3n) is 6.31. The van der Waals surface area contributed by atoms with Crippen molar-refractivity contribution in [3.8, 4) is 0 Å². The number of ether oxygens (including phenoxy) is 1. The Morgan fingerprint density at radius 2 is 1.75 bits per heavy atom. The number of hydrogen-bond donors (Lipinski definition) is 3. The van der Waals surface area contributed by atoms with E-state index in [0.717, 1.165) is 27.6 Å². The molecule has 4 aromatic rings. The van der Waals surface area contributed by atoms with Crippen molar-refractivity contribution in [3.63, 3.8) is 0 Å². The van der Waals surface area contributed by atoms with E-state index in [0.29, 0.717) is 0 Å². The zero-order chi connectivity index (χ0) is 25.7. The minimum Gasteiger partial charge on any atom is -0.445 e. The number of rotatable bonds is 8. The second kappa shape index (κ2) is 10.6. The van der Waals surface area contributed by atoms with Gasteiger partial charge in [0.25, 0.3) is 0 Å². The number of halogens is 1. The second-order valence-electron chi connectivity index (χ2n) is 9.27. The Kier molecular flexibility index (Phi) is 7.38. The highest BCUT2D eigenvalue weighted by Crippen LogP contribution is 2.24. The number of carbonyl (C=O) groups excluding carboxylic acids is 2. The van der Waals surface area contributed by atoms with Gasteiger partial charge in [-0.1, -0.05) is 60.2 Å². The number of H-pyrrole nitrogens is 1. The molecule has 0 saturated heterocycles. The molecular weight excluding hydrogens is 457 g/mol. The van der Waals surface area contributed by atoms with Crippen molar-refractivity contribution in [1.82, 2.24) is 15.6 Å². The number of hydrogen-bond acceptors (Lipinski definition) is 3. The number of aryl methyl sites for hydroxylation is 1. The monoisotopic (exact) mass is 487 g/mol. The van der Waals surface area contributed by atoms with Crippen molar-refractivity contribution >= 4 is 22.9 Å². The number of aromatic amines is 1. The first kappa shape index (κ1) is 25.0. The molecule has 186 valence electrons. The molecule has 7 heteroatoms. The van der Waals surface area contributed by atoms with E-state index in [1.807, 2.05) is 74.6 Å². The van der Waals surface area contributed by atoms with Crippen LogP contribution in [0.2, 0.25) is 0 Å². The molecule has 36 heavy (non-hydrogen) atoms. The van der Waals surface area contributed by atoms with Crippen molar-refractivity contribution in [1.29, 1.82) is 0 Å². The maximum Gasteiger partial charge on any atom is 0.408 e. The largest absolute Gasteiger partial charge is 0.445 e. The Bertz CT molecular complexity index is 1370. The highest BCUT2D eigenvalue weighted by Gasteiger charge is 2.37. The summed E-state index contributed by atoms with van der Waals surface area (Å²) in [5, 5.41) is 6.72. The Balaban J connectivity index is 1.55. The summed E-state index contributed by atoms with van der Waals surface area (Å²) < 4.78 is 19.4. The summed E-state index contributed by atoms with van der Waals surface area (Å²) in [4.78, 5) is 29.6. The number of nitrogens with one attached hydrogen (secondary N) is 3. The lowest BCUT2D eigenvalue weighted by Gasteiger charge is -2.31. The molecule has 2 amide bonds. The fraction of sp³-hybridized carbons (Fsp3) is 0.241. The molecule has 0 radical (unpaired) electrons. The van der Waals surface area contributed by atoms with Crippen molar-refractivity contribution in [2.75, 3.05) is 0 Å². The minimum atomic E-state index is -1.34. The van der Waals surface area contributed by atoms with Gasteiger partial charge in [0.1, 0.15) is 18.0 Å². The maximum atomic E-state index is 14.1. The van der Waals surface area contributed by atoms with Gasteiger partial charge < -0.3 is 20.4 Å². The quantitative estimate of drug-likeness (QED) is 0.297. The average molecular weight is 488 g/mol. The Morgan fingerprint density at radius 3 is 2.53 bits per heavy atom. The smallest absolute Gasteiger partial charge is 0.408 e. The van der Waals surface area contributed by atoms with Crippen LogP contribution in [0.15, 0.2) is 79.0 Å². The molecule has 0 aliphatic carbocycles. The number of aromatic nitrogens is 1. The fourth-order valence-corrected chi connectivity index (χ4v) is 4.24. The zero-order valence-electron chi connectivity index (χ0n) is 20.6. The Hall–Kier alpha value is -4.13. The number of amides is 2. The highest BCUT2D eigenvalue weighted by molar-refractivity contribution is 5.91. The highest BCUT2D eigenvalue weighted by atomic mass is 19.1. The maximum absolute atomic E-state index is 14.1. The van der Waals surface area contributed by atoms with Gasteiger partial charge in [-0.05, 0) is 50.1 Å². The van der Waals surface area contributed by atoms with Crippen molar-refractivity contribution < 1.29 is 18.7 Å². The number of para-hydroxylation sites is 1. The molecule has 0 fully saturated rings. The van der Waals surface area contributed by atoms with Crippen molar-refractivity contribution in [2.45, 2.75) is 45.4 Å². The summed E-state index contributed by atoms with van der Waals surface area (Å²) in [7, 11) is 0. The van der Waals surface area contributed by atoms with Crippen LogP contribution in [0.5, 0.6) is 0 Å². The van der Waals surface area contributed by atoms with E-state index in [9.17, 15) is 14.0 Å². The molecule has 0 aliphatic rings. The first-order chi connectivity index (χ1) is 17.2. The SMILES string of the molecule is Cc1ccc(F)c(COC(=O)NC(C)(Cc2c[nH]c3ccccc23)C(=O)NC(C)c2ccccc2)c1. The predicted molar refractivity (Wildman–Crippen MR) is 138 cm³/mol. The van der Waals surface area contributed by atoms with Crippen LogP contribution >= 0.6 is 0 Å². The summed E-state index contributed by atoms with van der Waals surface area (Å²) in [6.45, 7) is 5.14. The first-order valence-corrected chi connectivity index (χ1v) is 11.9. The lowest BCUT2D eigenvalue weighted by molar-refractivity contribution is -0.127. The van der Waals surface area contributed by atoms with E-state index in [2.05, 4.69) is 15.6 Å². The van der Waals surface area contributed by atoms with Crippen LogP contribution in [0.4, 0.5) is 9.18 Å². The normalized spacial score (nSPS) is 13.6. The van der Waals surface area contributed by atoms with Crippen LogP contribution in [0.1, 0.15) is 42.1 Å². The minimum absolute atomic E-state index is 0.220. The summed E-state index contributed by atoms with van der Waals surface area (Å²) in [5.74, 6) is -0.813. The van der Waals surface area contributed by atoms with E-state index < -0.39 is 17.4 Å². The van der Waals surface area contributed by atoms with Crippen LogP contribution in [0.25, 0.3) is 10.9 Å². The van der Waals surface area contributed by atoms with Crippen molar-refractivity contribution in [2.24, 2.45) is 0 Å². The van der Waals surface area contributed by atoms with Gasteiger partial charge >= 0.3 is 6.09 Å². The van der Waals surface area contributed by atoms with Gasteiger partial charge in [-0.3, -0.25) is 4.79 Å². The van der Waals surface area contributed by atoms with Gasteiger partial charge in [0.15, 0.2) is 0 Å². The van der Waals surface area contributed by atoms with Crippen LogP contribution in [0.3, 0.4) is 0 Å². The number of benzene rings is 3. The first-order valence-electron chi connectivity index (χ1n) is 11.9. The second-order valence-corrected chi connectivity index (χ2v) is 9.27. The molecule has 0 saturated carbocycles. The van der Waals surface area contributed by atoms with E-state index in [1.165, 1.54) is 6.07 Å². The van der Waals surface area contributed by atoms with E-state index in [1.54, 1.807) is 19.1 Å². The lowest BCUT2D eigenvalue weighted by Crippen LogP contribution is -2.58. The standard InChI is InChI=1S/C29H30FN3O3/c1-19-13-14-25(30)22(15-19)18-36-28(35)33-29(3,16-23-17-31-26-12-8-7-11-24(23)26)27(34)32-20(2)21-9-5-4-6-10-21/h4-15,17,20,31H,16,18H2,1-3H3,(H,32,34)(H,33,35). The molecule has 2 unspecified atom stereocenters. The van der Waals surface area contributed by atoms with Crippen LogP contribution in [-0.2, 0) is 22.6 Å². The molecule has 3 N–H and O–H groups in total. The van der Waals surface area contributed by atoms with Crippen LogP contribution < -0.4 is 10.6 Å². The topological polar surface area (TPSA) is 83.2 Å². The van der Waals surface area contributed by atoms with E-state index in [-0.39, 0.29) is 30.5 Å². The lowest BCUT2D eigenvalue weighted by atomic mass is 9.91. The number of alkyl carbamates (subject to hydrolysis) is 1. The van der Waals surface area contributed by atoms with Gasteiger partial charge in [-0.25, -0.2) is 9.18 Å². The Labute approximate surface area is 209 Å². The van der Waals surface area contributed by atoms with E-state index in [4.69, 9.17) is 4.74 Å². The fourth-order valence-electron chi connectivity index (χ4n) is 4.24. The third-order valence-corrected chi connectivity index (χ3v) is 6.31. The van der Waals surface area contributed by atoms with Gasteiger partial charge in [0.05, 0.1) is 6.04 Å². The number of carbonyl (C=O) groups is 2. The molecule has 4 rings (SSSR count).